The smallest absolute Gasteiger partial charge is 0.334 e. The highest BCUT2D eigenvalue weighted by Crippen LogP contribution is 2.36. The second-order valence-electron chi connectivity index (χ2n) is 7.79. The standard InChI is InChI=1S/C22H30O8/c1-6-11(2)21(26)29-18-7-12(3)16(25)9-17(28-14(5)24)15(10-23)8-19-20(18)13(4)22(27)30-19/h7-8,11,16-20,23,25H,4,6,9-10H2,1-3,5H3/b12-7+,15-8+/t11-,16-,17-,18+,19+,20+/m0/s1. The largest absolute Gasteiger partial charge is 0.458 e. The number of aliphatic hydroxyl groups is 2. The Morgan fingerprint density at radius 1 is 1.33 bits per heavy atom. The Morgan fingerprint density at radius 2 is 2.00 bits per heavy atom. The van der Waals surface area contributed by atoms with Gasteiger partial charge in [0.1, 0.15) is 18.3 Å². The van der Waals surface area contributed by atoms with Gasteiger partial charge in [0.25, 0.3) is 0 Å². The van der Waals surface area contributed by atoms with E-state index in [4.69, 9.17) is 14.2 Å². The number of rotatable bonds is 5. The van der Waals surface area contributed by atoms with Crippen LogP contribution in [-0.4, -0.2) is 59.1 Å². The summed E-state index contributed by atoms with van der Waals surface area (Å²) in [6.45, 7) is 9.80. The fourth-order valence-electron chi connectivity index (χ4n) is 3.47. The molecular formula is C22H30O8. The molecule has 8 heteroatoms. The molecule has 0 aromatic carbocycles. The van der Waals surface area contributed by atoms with Gasteiger partial charge in [0, 0.05) is 18.9 Å². The summed E-state index contributed by atoms with van der Waals surface area (Å²) in [5, 5.41) is 20.5. The van der Waals surface area contributed by atoms with Gasteiger partial charge in [-0.2, -0.15) is 0 Å². The van der Waals surface area contributed by atoms with Crippen LogP contribution in [-0.2, 0) is 28.6 Å². The summed E-state index contributed by atoms with van der Waals surface area (Å²) >= 11 is 0. The molecule has 0 aromatic rings. The Bertz CT molecular complexity index is 765. The monoisotopic (exact) mass is 422 g/mol. The van der Waals surface area contributed by atoms with E-state index in [0.717, 1.165) is 0 Å². The summed E-state index contributed by atoms with van der Waals surface area (Å²) < 4.78 is 16.4. The van der Waals surface area contributed by atoms with Gasteiger partial charge in [-0.15, -0.1) is 0 Å². The van der Waals surface area contributed by atoms with Crippen LogP contribution in [0.5, 0.6) is 0 Å². The van der Waals surface area contributed by atoms with Crippen LogP contribution in [0.1, 0.15) is 40.5 Å². The van der Waals surface area contributed by atoms with Crippen LogP contribution in [0, 0.1) is 11.8 Å². The molecule has 0 aromatic heterocycles. The highest BCUT2D eigenvalue weighted by Gasteiger charge is 2.45. The van der Waals surface area contributed by atoms with Gasteiger partial charge in [-0.1, -0.05) is 20.4 Å². The van der Waals surface area contributed by atoms with Crippen LogP contribution in [0.4, 0.5) is 0 Å². The molecule has 1 fully saturated rings. The maximum absolute atomic E-state index is 12.5. The molecule has 0 radical (unpaired) electrons. The number of carbonyl (C=O) groups excluding carboxylic acids is 3. The van der Waals surface area contributed by atoms with Crippen molar-refractivity contribution in [2.24, 2.45) is 11.8 Å². The number of esters is 3. The Labute approximate surface area is 176 Å². The molecule has 0 amide bonds. The average Bonchev–Trinajstić information content (AvgIpc) is 2.96. The van der Waals surface area contributed by atoms with E-state index >= 15 is 0 Å². The predicted molar refractivity (Wildman–Crippen MR) is 107 cm³/mol. The lowest BCUT2D eigenvalue weighted by Crippen LogP contribution is -2.36. The van der Waals surface area contributed by atoms with Gasteiger partial charge in [-0.25, -0.2) is 4.79 Å². The van der Waals surface area contributed by atoms with E-state index in [-0.39, 0.29) is 23.5 Å². The molecule has 2 rings (SSSR count). The van der Waals surface area contributed by atoms with Crippen LogP contribution in [0.25, 0.3) is 0 Å². The topological polar surface area (TPSA) is 119 Å². The van der Waals surface area contributed by atoms with Crippen LogP contribution in [0.3, 0.4) is 0 Å². The molecular weight excluding hydrogens is 392 g/mol. The summed E-state index contributed by atoms with van der Waals surface area (Å²) in [4.78, 5) is 36.2. The minimum atomic E-state index is -1.03. The first kappa shape index (κ1) is 23.8. The average molecular weight is 422 g/mol. The Hall–Kier alpha value is -2.45. The minimum Gasteiger partial charge on any atom is -0.458 e. The maximum Gasteiger partial charge on any atom is 0.334 e. The van der Waals surface area contributed by atoms with Crippen molar-refractivity contribution in [3.8, 4) is 0 Å². The van der Waals surface area contributed by atoms with Gasteiger partial charge in [0.05, 0.1) is 24.5 Å². The number of aliphatic hydroxyl groups excluding tert-OH is 2. The van der Waals surface area contributed by atoms with E-state index < -0.39 is 54.8 Å². The van der Waals surface area contributed by atoms with E-state index in [1.807, 2.05) is 6.92 Å². The zero-order valence-electron chi connectivity index (χ0n) is 17.8. The number of carbonyl (C=O) groups is 3. The van der Waals surface area contributed by atoms with Gasteiger partial charge < -0.3 is 24.4 Å². The molecule has 0 unspecified atom stereocenters. The molecule has 0 spiro atoms. The van der Waals surface area contributed by atoms with Gasteiger partial charge >= 0.3 is 17.9 Å². The molecule has 0 saturated carbocycles. The molecule has 8 nitrogen and oxygen atoms in total. The Balaban J connectivity index is 2.53. The van der Waals surface area contributed by atoms with Crippen molar-refractivity contribution in [2.45, 2.75) is 65.0 Å². The highest BCUT2D eigenvalue weighted by molar-refractivity contribution is 5.91. The summed E-state index contributed by atoms with van der Waals surface area (Å²) in [6, 6.07) is 0. The summed E-state index contributed by atoms with van der Waals surface area (Å²) in [6.07, 6.45) is -0.0639. The molecule has 1 aliphatic carbocycles. The third-order valence-electron chi connectivity index (χ3n) is 5.56. The number of fused-ring (bicyclic) bond motifs is 1. The van der Waals surface area contributed by atoms with Crippen molar-refractivity contribution in [3.05, 3.63) is 35.5 Å². The van der Waals surface area contributed by atoms with E-state index in [1.165, 1.54) is 13.0 Å². The third kappa shape index (κ3) is 5.37. The Morgan fingerprint density at radius 3 is 2.57 bits per heavy atom. The minimum absolute atomic E-state index is 0.00733. The van der Waals surface area contributed by atoms with Gasteiger partial charge in [-0.05, 0) is 36.6 Å². The van der Waals surface area contributed by atoms with Crippen LogP contribution >= 0.6 is 0 Å². The molecule has 6 atom stereocenters. The number of hydrogen-bond donors (Lipinski definition) is 2. The first-order valence-corrected chi connectivity index (χ1v) is 10.0. The van der Waals surface area contributed by atoms with Crippen molar-refractivity contribution < 1.29 is 38.8 Å². The summed E-state index contributed by atoms with van der Waals surface area (Å²) in [7, 11) is 0. The van der Waals surface area contributed by atoms with Crippen molar-refractivity contribution >= 4 is 17.9 Å². The van der Waals surface area contributed by atoms with E-state index in [0.29, 0.717) is 12.0 Å². The third-order valence-corrected chi connectivity index (χ3v) is 5.56. The van der Waals surface area contributed by atoms with Crippen molar-refractivity contribution in [2.75, 3.05) is 6.61 Å². The maximum atomic E-state index is 12.5. The van der Waals surface area contributed by atoms with Crippen LogP contribution < -0.4 is 0 Å². The van der Waals surface area contributed by atoms with Crippen LogP contribution in [0.2, 0.25) is 0 Å². The lowest BCUT2D eigenvalue weighted by atomic mass is 9.85. The van der Waals surface area contributed by atoms with Crippen molar-refractivity contribution in [1.29, 1.82) is 0 Å². The van der Waals surface area contributed by atoms with Gasteiger partial charge in [-0.3, -0.25) is 9.59 Å². The first-order valence-electron chi connectivity index (χ1n) is 10.0. The summed E-state index contributed by atoms with van der Waals surface area (Å²) in [5.74, 6) is -2.74. The normalized spacial score (nSPS) is 33.9. The molecule has 2 aliphatic rings. The van der Waals surface area contributed by atoms with Gasteiger partial charge in [0.15, 0.2) is 0 Å². The number of ether oxygens (including phenoxy) is 3. The second-order valence-corrected chi connectivity index (χ2v) is 7.79. The van der Waals surface area contributed by atoms with Crippen molar-refractivity contribution in [1.82, 2.24) is 0 Å². The van der Waals surface area contributed by atoms with Crippen LogP contribution in [0.15, 0.2) is 35.5 Å². The molecule has 30 heavy (non-hydrogen) atoms. The predicted octanol–water partition coefficient (Wildman–Crippen LogP) is 1.60. The fraction of sp³-hybridized carbons (Fsp3) is 0.591. The fourth-order valence-corrected chi connectivity index (χ4v) is 3.47. The number of hydrogen-bond acceptors (Lipinski definition) is 8. The molecule has 1 saturated heterocycles. The second kappa shape index (κ2) is 10.0. The SMILES string of the molecule is C=C1C(=O)O[C@@H]2/C=C(\CO)[C@@H](OC(C)=O)C[C@H](O)/C(C)=C/[C@@H](OC(=O)[C@@H](C)CC)[C@@H]12. The van der Waals surface area contributed by atoms with E-state index in [2.05, 4.69) is 6.58 Å². The lowest BCUT2D eigenvalue weighted by Gasteiger charge is -2.29. The van der Waals surface area contributed by atoms with Gasteiger partial charge in [0.2, 0.25) is 0 Å². The first-order chi connectivity index (χ1) is 14.1. The lowest BCUT2D eigenvalue weighted by molar-refractivity contribution is -0.154. The Kier molecular flexibility index (Phi) is 7.97. The zero-order chi connectivity index (χ0) is 22.6. The summed E-state index contributed by atoms with van der Waals surface area (Å²) in [5.41, 5.74) is 0.876. The highest BCUT2D eigenvalue weighted by atomic mass is 16.6. The molecule has 0 bridgehead atoms. The molecule has 1 aliphatic heterocycles. The molecule has 2 N–H and O–H groups in total. The van der Waals surface area contributed by atoms with E-state index in [1.54, 1.807) is 19.9 Å². The van der Waals surface area contributed by atoms with E-state index in [9.17, 15) is 24.6 Å². The zero-order valence-corrected chi connectivity index (χ0v) is 17.8. The molecule has 166 valence electrons. The van der Waals surface area contributed by atoms with Crippen molar-refractivity contribution in [3.63, 3.8) is 0 Å². The quantitative estimate of drug-likeness (QED) is 0.297. The molecule has 1 heterocycles.